The van der Waals surface area contributed by atoms with Crippen LogP contribution in [0, 0.1) is 0 Å². The van der Waals surface area contributed by atoms with E-state index in [4.69, 9.17) is 9.15 Å². The first-order valence-electron chi connectivity index (χ1n) is 6.35. The van der Waals surface area contributed by atoms with E-state index in [9.17, 15) is 14.4 Å². The molecule has 0 N–H and O–H groups in total. The molecule has 1 aromatic carbocycles. The fourth-order valence-electron chi connectivity index (χ4n) is 1.80. The predicted octanol–water partition coefficient (Wildman–Crippen LogP) is 2.62. The van der Waals surface area contributed by atoms with Gasteiger partial charge in [0.15, 0.2) is 11.6 Å². The van der Waals surface area contributed by atoms with Crippen molar-refractivity contribution in [3.63, 3.8) is 0 Å². The van der Waals surface area contributed by atoms with Crippen LogP contribution in [0.15, 0.2) is 45.8 Å². The van der Waals surface area contributed by atoms with Crippen molar-refractivity contribution < 1.29 is 18.7 Å². The Balaban J connectivity index is 2.40. The molecule has 0 saturated carbocycles. The zero-order chi connectivity index (χ0) is 15.4. The molecule has 0 spiro atoms. The first-order valence-corrected chi connectivity index (χ1v) is 6.35. The molecular weight excluding hydrogens is 272 g/mol. The topological polar surface area (TPSA) is 73.6 Å². The lowest BCUT2D eigenvalue weighted by Crippen LogP contribution is -2.18. The fraction of sp³-hybridized carbons (Fsp3) is 0.188. The van der Waals surface area contributed by atoms with Crippen LogP contribution in [0.4, 0.5) is 0 Å². The minimum absolute atomic E-state index is 0.104. The summed E-state index contributed by atoms with van der Waals surface area (Å²) in [5, 5.41) is 0. The Kier molecular flexibility index (Phi) is 4.33. The van der Waals surface area contributed by atoms with Crippen LogP contribution >= 0.6 is 0 Å². The second-order valence-corrected chi connectivity index (χ2v) is 4.52. The van der Waals surface area contributed by atoms with E-state index in [1.54, 1.807) is 0 Å². The van der Waals surface area contributed by atoms with Gasteiger partial charge in [0.1, 0.15) is 18.4 Å². The van der Waals surface area contributed by atoms with Crippen LogP contribution in [-0.2, 0) is 6.61 Å². The molecule has 0 saturated heterocycles. The lowest BCUT2D eigenvalue weighted by Gasteiger charge is -2.09. The van der Waals surface area contributed by atoms with Gasteiger partial charge in [-0.15, -0.1) is 0 Å². The minimum atomic E-state index is -0.630. The quantitative estimate of drug-likeness (QED) is 0.790. The number of hydrogen-bond donors (Lipinski definition) is 0. The molecule has 0 radical (unpaired) electrons. The molecule has 21 heavy (non-hydrogen) atoms. The third kappa shape index (κ3) is 3.25. The van der Waals surface area contributed by atoms with Crippen molar-refractivity contribution in [2.45, 2.75) is 20.5 Å². The monoisotopic (exact) mass is 286 g/mol. The van der Waals surface area contributed by atoms with E-state index in [0.717, 1.165) is 11.8 Å². The molecule has 2 rings (SSSR count). The molecular formula is C16H14O5. The van der Waals surface area contributed by atoms with Gasteiger partial charge < -0.3 is 9.15 Å². The summed E-state index contributed by atoms with van der Waals surface area (Å²) in [6.07, 6.45) is 0.997. The maximum Gasteiger partial charge on any atom is 0.238 e. The maximum absolute atomic E-state index is 12.2. The summed E-state index contributed by atoms with van der Waals surface area (Å²) in [4.78, 5) is 35.1. The summed E-state index contributed by atoms with van der Waals surface area (Å²) in [5.41, 5.74) is 0.0672. The van der Waals surface area contributed by atoms with E-state index in [0.29, 0.717) is 0 Å². The molecule has 0 atom stereocenters. The molecule has 0 bridgehead atoms. The highest BCUT2D eigenvalue weighted by Crippen LogP contribution is 2.17. The highest BCUT2D eigenvalue weighted by atomic mass is 16.5. The van der Waals surface area contributed by atoms with Gasteiger partial charge in [0, 0.05) is 6.92 Å². The zero-order valence-electron chi connectivity index (χ0n) is 11.7. The van der Waals surface area contributed by atoms with Crippen LogP contribution in [-0.4, -0.2) is 11.6 Å². The number of rotatable bonds is 5. The summed E-state index contributed by atoms with van der Waals surface area (Å²) >= 11 is 0. The van der Waals surface area contributed by atoms with Gasteiger partial charge in [0.2, 0.25) is 16.9 Å². The van der Waals surface area contributed by atoms with Crippen LogP contribution in [0.25, 0.3) is 0 Å². The SMILES string of the molecule is CC(=O)c1occ(C(C)=O)c(=O)c1OCc1ccccc1. The van der Waals surface area contributed by atoms with Crippen molar-refractivity contribution in [1.29, 1.82) is 0 Å². The summed E-state index contributed by atoms with van der Waals surface area (Å²) in [6.45, 7) is 2.62. The normalized spacial score (nSPS) is 10.2. The van der Waals surface area contributed by atoms with Crippen LogP contribution in [0.1, 0.15) is 40.3 Å². The lowest BCUT2D eigenvalue weighted by molar-refractivity contribution is 0.0965. The first kappa shape index (κ1) is 14.7. The second-order valence-electron chi connectivity index (χ2n) is 4.52. The van der Waals surface area contributed by atoms with E-state index in [2.05, 4.69) is 0 Å². The average Bonchev–Trinajstić information content (AvgIpc) is 2.46. The van der Waals surface area contributed by atoms with E-state index in [1.165, 1.54) is 13.8 Å². The van der Waals surface area contributed by atoms with Gasteiger partial charge in [0.25, 0.3) is 0 Å². The Morgan fingerprint density at radius 3 is 2.33 bits per heavy atom. The highest BCUT2D eigenvalue weighted by molar-refractivity contribution is 5.97. The van der Waals surface area contributed by atoms with E-state index in [1.807, 2.05) is 30.3 Å². The molecule has 0 aliphatic rings. The number of carbonyl (C=O) groups is 2. The summed E-state index contributed by atoms with van der Waals surface area (Å²) < 4.78 is 10.5. The molecule has 0 amide bonds. The highest BCUT2D eigenvalue weighted by Gasteiger charge is 2.20. The number of ether oxygens (including phenoxy) is 1. The molecule has 108 valence electrons. The van der Waals surface area contributed by atoms with Gasteiger partial charge in [-0.2, -0.15) is 0 Å². The Morgan fingerprint density at radius 1 is 1.10 bits per heavy atom. The number of Topliss-reactive ketones (excluding diaryl/α,β-unsaturated/α-hetero) is 2. The first-order chi connectivity index (χ1) is 10.0. The van der Waals surface area contributed by atoms with Crippen molar-refractivity contribution in [1.82, 2.24) is 0 Å². The number of ketones is 2. The van der Waals surface area contributed by atoms with Gasteiger partial charge in [-0.05, 0) is 12.5 Å². The largest absolute Gasteiger partial charge is 0.481 e. The van der Waals surface area contributed by atoms with Crippen molar-refractivity contribution >= 4 is 11.6 Å². The molecule has 0 fully saturated rings. The van der Waals surface area contributed by atoms with Gasteiger partial charge in [-0.3, -0.25) is 14.4 Å². The third-order valence-corrected chi connectivity index (χ3v) is 2.88. The Labute approximate surface area is 121 Å². The number of benzene rings is 1. The molecule has 0 unspecified atom stereocenters. The van der Waals surface area contributed by atoms with Crippen LogP contribution in [0.5, 0.6) is 5.75 Å². The van der Waals surface area contributed by atoms with Crippen molar-refractivity contribution in [3.8, 4) is 5.75 Å². The summed E-state index contributed by atoms with van der Waals surface area (Å²) in [5.74, 6) is -1.28. The van der Waals surface area contributed by atoms with Crippen LogP contribution in [0.3, 0.4) is 0 Å². The minimum Gasteiger partial charge on any atom is -0.481 e. The molecule has 0 aliphatic carbocycles. The van der Waals surface area contributed by atoms with Crippen molar-refractivity contribution in [3.05, 3.63) is 63.7 Å². The molecule has 0 aliphatic heterocycles. The molecule has 1 heterocycles. The van der Waals surface area contributed by atoms with Gasteiger partial charge in [-0.25, -0.2) is 0 Å². The Morgan fingerprint density at radius 2 is 1.76 bits per heavy atom. The molecule has 5 heteroatoms. The summed E-state index contributed by atoms with van der Waals surface area (Å²) in [7, 11) is 0. The van der Waals surface area contributed by atoms with E-state index in [-0.39, 0.29) is 23.7 Å². The smallest absolute Gasteiger partial charge is 0.238 e. The predicted molar refractivity (Wildman–Crippen MR) is 75.8 cm³/mol. The van der Waals surface area contributed by atoms with E-state index < -0.39 is 17.0 Å². The fourth-order valence-corrected chi connectivity index (χ4v) is 1.80. The van der Waals surface area contributed by atoms with Crippen molar-refractivity contribution in [2.24, 2.45) is 0 Å². The molecule has 2 aromatic rings. The van der Waals surface area contributed by atoms with E-state index >= 15 is 0 Å². The van der Waals surface area contributed by atoms with Crippen molar-refractivity contribution in [2.75, 3.05) is 0 Å². The van der Waals surface area contributed by atoms with Gasteiger partial charge in [0.05, 0.1) is 0 Å². The lowest BCUT2D eigenvalue weighted by atomic mass is 10.1. The van der Waals surface area contributed by atoms with Gasteiger partial charge >= 0.3 is 0 Å². The maximum atomic E-state index is 12.2. The Bertz CT molecular complexity index is 728. The third-order valence-electron chi connectivity index (χ3n) is 2.88. The average molecular weight is 286 g/mol. The van der Waals surface area contributed by atoms with Crippen LogP contribution < -0.4 is 10.2 Å². The summed E-state index contributed by atoms with van der Waals surface area (Å²) in [6, 6.07) is 9.17. The molecule has 1 aromatic heterocycles. The molecule has 5 nitrogen and oxygen atoms in total. The zero-order valence-corrected chi connectivity index (χ0v) is 11.7. The Hall–Kier alpha value is -2.69. The van der Waals surface area contributed by atoms with Crippen LogP contribution in [0.2, 0.25) is 0 Å². The second kappa shape index (κ2) is 6.17. The number of hydrogen-bond acceptors (Lipinski definition) is 5. The van der Waals surface area contributed by atoms with Gasteiger partial charge in [-0.1, -0.05) is 30.3 Å². The standard InChI is InChI=1S/C16H14O5/c1-10(17)13-9-21-15(11(2)18)16(14(13)19)20-8-12-6-4-3-5-7-12/h3-7,9H,8H2,1-2H3. The number of carbonyl (C=O) groups excluding carboxylic acids is 2.